The van der Waals surface area contributed by atoms with Gasteiger partial charge in [0.05, 0.1) is 0 Å². The van der Waals surface area contributed by atoms with Crippen molar-refractivity contribution in [3.63, 3.8) is 0 Å². The molecule has 0 atom stereocenters. The minimum Gasteiger partial charge on any atom is -0.476 e. The van der Waals surface area contributed by atoms with E-state index in [1.807, 2.05) is 13.0 Å². The summed E-state index contributed by atoms with van der Waals surface area (Å²) >= 11 is 0. The average molecular weight is 279 g/mol. The Morgan fingerprint density at radius 1 is 1.30 bits per heavy atom. The highest BCUT2D eigenvalue weighted by Crippen LogP contribution is 2.16. The molecule has 0 fully saturated rings. The van der Waals surface area contributed by atoms with E-state index >= 15 is 0 Å². The molecule has 4 heteroatoms. The second-order valence-corrected chi connectivity index (χ2v) is 6.49. The third-order valence-corrected chi connectivity index (χ3v) is 3.49. The van der Waals surface area contributed by atoms with Crippen LogP contribution >= 0.6 is 0 Å². The van der Waals surface area contributed by atoms with Gasteiger partial charge in [0.1, 0.15) is 6.61 Å². The summed E-state index contributed by atoms with van der Waals surface area (Å²) in [6, 6.07) is 4.59. The summed E-state index contributed by atoms with van der Waals surface area (Å²) < 4.78 is 5.88. The number of aromatic nitrogens is 1. The molecule has 0 bridgehead atoms. The minimum absolute atomic E-state index is 0.0121. The van der Waals surface area contributed by atoms with Crippen molar-refractivity contribution in [1.82, 2.24) is 15.2 Å². The lowest BCUT2D eigenvalue weighted by Gasteiger charge is -2.32. The molecule has 20 heavy (non-hydrogen) atoms. The number of hydrogen-bond donors (Lipinski definition) is 1. The fraction of sp³-hybridized carbons (Fsp3) is 0.688. The Labute approximate surface area is 123 Å². The topological polar surface area (TPSA) is 37.4 Å². The number of aryl methyl sites for hydroxylation is 1. The standard InChI is InChI=1S/C16H29N3O/c1-12(2)17-10-14-8-13(3)18-15(9-14)20-11-16(4,5)19(6)7/h8-9,12,17H,10-11H2,1-7H3. The zero-order valence-corrected chi connectivity index (χ0v) is 13.9. The highest BCUT2D eigenvalue weighted by Gasteiger charge is 2.21. The Hall–Kier alpha value is -1.13. The quantitative estimate of drug-likeness (QED) is 0.832. The monoisotopic (exact) mass is 279 g/mol. The molecule has 0 aliphatic rings. The molecular formula is C16H29N3O. The molecule has 4 nitrogen and oxygen atoms in total. The van der Waals surface area contributed by atoms with Crippen molar-refractivity contribution >= 4 is 0 Å². The first kappa shape index (κ1) is 16.9. The van der Waals surface area contributed by atoms with Crippen LogP contribution in [0.1, 0.15) is 39.0 Å². The Bertz CT molecular complexity index is 428. The molecule has 1 heterocycles. The summed E-state index contributed by atoms with van der Waals surface area (Å²) in [5, 5.41) is 3.42. The van der Waals surface area contributed by atoms with E-state index in [4.69, 9.17) is 4.74 Å². The summed E-state index contributed by atoms with van der Waals surface area (Å²) in [7, 11) is 4.12. The normalized spacial score (nSPS) is 12.2. The van der Waals surface area contributed by atoms with Gasteiger partial charge < -0.3 is 15.0 Å². The molecule has 0 aliphatic carbocycles. The first-order valence-corrected chi connectivity index (χ1v) is 7.22. The molecular weight excluding hydrogens is 250 g/mol. The molecule has 1 N–H and O–H groups in total. The van der Waals surface area contributed by atoms with Crippen LogP contribution in [0.25, 0.3) is 0 Å². The summed E-state index contributed by atoms with van der Waals surface area (Å²) in [6.45, 7) is 12.1. The van der Waals surface area contributed by atoms with Gasteiger partial charge in [0.2, 0.25) is 5.88 Å². The number of pyridine rings is 1. The molecule has 0 aliphatic heterocycles. The maximum atomic E-state index is 5.88. The minimum atomic E-state index is -0.0121. The van der Waals surface area contributed by atoms with Crippen LogP contribution in [0.2, 0.25) is 0 Å². The van der Waals surface area contributed by atoms with E-state index in [1.54, 1.807) is 0 Å². The highest BCUT2D eigenvalue weighted by atomic mass is 16.5. The van der Waals surface area contributed by atoms with Gasteiger partial charge in [-0.2, -0.15) is 0 Å². The molecule has 1 aromatic heterocycles. The van der Waals surface area contributed by atoms with E-state index in [1.165, 1.54) is 5.56 Å². The lowest BCUT2D eigenvalue weighted by Crippen LogP contribution is -2.43. The highest BCUT2D eigenvalue weighted by molar-refractivity contribution is 5.24. The Balaban J connectivity index is 2.71. The first-order chi connectivity index (χ1) is 9.20. The number of ether oxygens (including phenoxy) is 1. The molecule has 0 unspecified atom stereocenters. The Morgan fingerprint density at radius 2 is 1.95 bits per heavy atom. The fourth-order valence-corrected chi connectivity index (χ4v) is 1.58. The second kappa shape index (κ2) is 7.04. The van der Waals surface area contributed by atoms with Crippen LogP contribution in [0.4, 0.5) is 0 Å². The SMILES string of the molecule is Cc1cc(CNC(C)C)cc(OCC(C)(C)N(C)C)n1. The van der Waals surface area contributed by atoms with E-state index in [0.29, 0.717) is 18.5 Å². The van der Waals surface area contributed by atoms with E-state index in [2.05, 4.69) is 63.1 Å². The zero-order chi connectivity index (χ0) is 15.3. The molecule has 1 rings (SSSR count). The summed E-state index contributed by atoms with van der Waals surface area (Å²) in [5.74, 6) is 0.709. The molecule has 114 valence electrons. The van der Waals surface area contributed by atoms with Gasteiger partial charge >= 0.3 is 0 Å². The maximum Gasteiger partial charge on any atom is 0.213 e. The van der Waals surface area contributed by atoms with Crippen LogP contribution in [-0.4, -0.2) is 42.2 Å². The molecule has 0 amide bonds. The van der Waals surface area contributed by atoms with Gasteiger partial charge in [0, 0.05) is 29.9 Å². The van der Waals surface area contributed by atoms with Crippen molar-refractivity contribution in [1.29, 1.82) is 0 Å². The van der Waals surface area contributed by atoms with E-state index in [9.17, 15) is 0 Å². The second-order valence-electron chi connectivity index (χ2n) is 6.49. The van der Waals surface area contributed by atoms with Gasteiger partial charge in [0.25, 0.3) is 0 Å². The van der Waals surface area contributed by atoms with Crippen LogP contribution in [0, 0.1) is 6.92 Å². The third kappa shape index (κ3) is 5.47. The average Bonchev–Trinajstić information content (AvgIpc) is 2.33. The fourth-order valence-electron chi connectivity index (χ4n) is 1.58. The van der Waals surface area contributed by atoms with E-state index in [-0.39, 0.29) is 5.54 Å². The first-order valence-electron chi connectivity index (χ1n) is 7.22. The Morgan fingerprint density at radius 3 is 2.50 bits per heavy atom. The van der Waals surface area contributed by atoms with Gasteiger partial charge in [0.15, 0.2) is 0 Å². The van der Waals surface area contributed by atoms with Gasteiger partial charge in [-0.1, -0.05) is 13.8 Å². The van der Waals surface area contributed by atoms with Crippen LogP contribution in [0.3, 0.4) is 0 Å². The lowest BCUT2D eigenvalue weighted by atomic mass is 10.1. The van der Waals surface area contributed by atoms with Crippen molar-refractivity contribution in [3.8, 4) is 5.88 Å². The number of nitrogens with one attached hydrogen (secondary N) is 1. The van der Waals surface area contributed by atoms with Crippen LogP contribution in [0.15, 0.2) is 12.1 Å². The van der Waals surface area contributed by atoms with Gasteiger partial charge in [-0.25, -0.2) is 4.98 Å². The molecule has 0 radical (unpaired) electrons. The van der Waals surface area contributed by atoms with Crippen LogP contribution in [0.5, 0.6) is 5.88 Å². The van der Waals surface area contributed by atoms with Crippen LogP contribution in [-0.2, 0) is 6.54 Å². The number of hydrogen-bond acceptors (Lipinski definition) is 4. The van der Waals surface area contributed by atoms with Crippen molar-refractivity contribution in [2.45, 2.75) is 52.7 Å². The number of likely N-dealkylation sites (N-methyl/N-ethyl adjacent to an activating group) is 1. The third-order valence-electron chi connectivity index (χ3n) is 3.49. The van der Waals surface area contributed by atoms with Crippen molar-refractivity contribution in [2.75, 3.05) is 20.7 Å². The lowest BCUT2D eigenvalue weighted by molar-refractivity contribution is 0.111. The summed E-state index contributed by atoms with van der Waals surface area (Å²) in [5.41, 5.74) is 2.19. The van der Waals surface area contributed by atoms with E-state index < -0.39 is 0 Å². The molecule has 0 saturated carbocycles. The maximum absolute atomic E-state index is 5.88. The van der Waals surface area contributed by atoms with E-state index in [0.717, 1.165) is 12.2 Å². The molecule has 0 saturated heterocycles. The van der Waals surface area contributed by atoms with Crippen molar-refractivity contribution in [3.05, 3.63) is 23.4 Å². The number of nitrogens with zero attached hydrogens (tertiary/aromatic N) is 2. The van der Waals surface area contributed by atoms with Crippen LogP contribution < -0.4 is 10.1 Å². The predicted octanol–water partition coefficient (Wildman–Crippen LogP) is 2.61. The Kier molecular flexibility index (Phi) is 5.96. The molecule has 0 aromatic carbocycles. The molecule has 0 spiro atoms. The summed E-state index contributed by atoms with van der Waals surface area (Å²) in [4.78, 5) is 6.61. The smallest absolute Gasteiger partial charge is 0.213 e. The van der Waals surface area contributed by atoms with Crippen molar-refractivity contribution < 1.29 is 4.74 Å². The largest absolute Gasteiger partial charge is 0.476 e. The number of rotatable bonds is 7. The molecule has 1 aromatic rings. The summed E-state index contributed by atoms with van der Waals surface area (Å²) in [6.07, 6.45) is 0. The van der Waals surface area contributed by atoms with Gasteiger partial charge in [-0.3, -0.25) is 0 Å². The zero-order valence-electron chi connectivity index (χ0n) is 13.9. The van der Waals surface area contributed by atoms with Gasteiger partial charge in [-0.15, -0.1) is 0 Å². The van der Waals surface area contributed by atoms with Crippen molar-refractivity contribution in [2.24, 2.45) is 0 Å². The predicted molar refractivity (Wildman–Crippen MR) is 84.2 cm³/mol. The van der Waals surface area contributed by atoms with Gasteiger partial charge in [-0.05, 0) is 46.5 Å².